The van der Waals surface area contributed by atoms with E-state index in [2.05, 4.69) is 56.0 Å². The first-order chi connectivity index (χ1) is 13.8. The SMILES string of the molecule is COc1ccccc1-c1cn2c(n1)CN(Cc1cnc[nH]1)c1ccccc1C2. The average Bonchev–Trinajstić information content (AvgIpc) is 3.35. The molecule has 0 fully saturated rings. The molecule has 0 atom stereocenters. The lowest BCUT2D eigenvalue weighted by atomic mass is 10.1. The molecule has 0 bridgehead atoms. The fourth-order valence-electron chi connectivity index (χ4n) is 3.81. The number of H-pyrrole nitrogens is 1. The maximum atomic E-state index is 5.53. The van der Waals surface area contributed by atoms with Crippen molar-refractivity contribution >= 4 is 5.69 Å². The third kappa shape index (κ3) is 2.93. The molecule has 6 nitrogen and oxygen atoms in total. The molecule has 1 aliphatic rings. The lowest BCUT2D eigenvalue weighted by Crippen LogP contribution is -2.23. The van der Waals surface area contributed by atoms with E-state index in [0.29, 0.717) is 0 Å². The molecule has 1 aliphatic heterocycles. The summed E-state index contributed by atoms with van der Waals surface area (Å²) >= 11 is 0. The van der Waals surface area contributed by atoms with Crippen LogP contribution in [0.3, 0.4) is 0 Å². The summed E-state index contributed by atoms with van der Waals surface area (Å²) in [5.41, 5.74) is 5.55. The molecule has 140 valence electrons. The van der Waals surface area contributed by atoms with Gasteiger partial charge in [-0.3, -0.25) is 0 Å². The summed E-state index contributed by atoms with van der Waals surface area (Å²) in [6, 6.07) is 16.6. The summed E-state index contributed by atoms with van der Waals surface area (Å²) in [6.45, 7) is 2.28. The number of hydrogen-bond acceptors (Lipinski definition) is 4. The zero-order valence-electron chi connectivity index (χ0n) is 15.7. The van der Waals surface area contributed by atoms with Crippen molar-refractivity contribution in [1.29, 1.82) is 0 Å². The van der Waals surface area contributed by atoms with Crippen molar-refractivity contribution in [2.75, 3.05) is 12.0 Å². The summed E-state index contributed by atoms with van der Waals surface area (Å²) in [5.74, 6) is 1.88. The van der Waals surface area contributed by atoms with E-state index in [4.69, 9.17) is 9.72 Å². The van der Waals surface area contributed by atoms with Gasteiger partial charge in [0.05, 0.1) is 44.5 Å². The van der Waals surface area contributed by atoms with E-state index in [1.165, 1.54) is 11.3 Å². The van der Waals surface area contributed by atoms with Crippen LogP contribution in [0.15, 0.2) is 67.3 Å². The molecule has 2 aromatic heterocycles. The minimum absolute atomic E-state index is 0.727. The van der Waals surface area contributed by atoms with Crippen LogP contribution in [0.5, 0.6) is 5.75 Å². The Balaban J connectivity index is 1.56. The zero-order valence-corrected chi connectivity index (χ0v) is 15.7. The van der Waals surface area contributed by atoms with E-state index in [1.807, 2.05) is 24.4 Å². The molecule has 3 heterocycles. The van der Waals surface area contributed by atoms with Gasteiger partial charge in [-0.25, -0.2) is 9.97 Å². The number of ether oxygens (including phenoxy) is 1. The summed E-state index contributed by atoms with van der Waals surface area (Å²) in [5, 5.41) is 0. The smallest absolute Gasteiger partial charge is 0.129 e. The Hall–Kier alpha value is -3.54. The van der Waals surface area contributed by atoms with E-state index in [1.54, 1.807) is 13.4 Å². The normalized spacial score (nSPS) is 13.0. The van der Waals surface area contributed by atoms with Gasteiger partial charge in [-0.2, -0.15) is 0 Å². The van der Waals surface area contributed by atoms with E-state index in [-0.39, 0.29) is 0 Å². The van der Waals surface area contributed by atoms with Crippen molar-refractivity contribution < 1.29 is 4.74 Å². The summed E-state index contributed by atoms with van der Waals surface area (Å²) in [6.07, 6.45) is 5.73. The monoisotopic (exact) mass is 371 g/mol. The number of nitrogens with zero attached hydrogens (tertiary/aromatic N) is 4. The second-order valence-corrected chi connectivity index (χ2v) is 6.93. The van der Waals surface area contributed by atoms with E-state index < -0.39 is 0 Å². The number of aromatic nitrogens is 4. The Labute approximate surface area is 163 Å². The Kier molecular flexibility index (Phi) is 4.09. The van der Waals surface area contributed by atoms with Gasteiger partial charge in [0, 0.05) is 23.6 Å². The first-order valence-electron chi connectivity index (χ1n) is 9.31. The minimum Gasteiger partial charge on any atom is -0.496 e. The minimum atomic E-state index is 0.727. The molecule has 28 heavy (non-hydrogen) atoms. The number of anilines is 1. The molecular formula is C22H21N5O. The highest BCUT2D eigenvalue weighted by Gasteiger charge is 2.22. The highest BCUT2D eigenvalue weighted by Crippen LogP contribution is 2.33. The van der Waals surface area contributed by atoms with Crippen LogP contribution in [0.1, 0.15) is 17.1 Å². The first kappa shape index (κ1) is 16.6. The maximum Gasteiger partial charge on any atom is 0.129 e. The van der Waals surface area contributed by atoms with Crippen molar-refractivity contribution in [3.8, 4) is 17.0 Å². The van der Waals surface area contributed by atoms with Crippen LogP contribution in [0.25, 0.3) is 11.3 Å². The van der Waals surface area contributed by atoms with Gasteiger partial charge in [0.2, 0.25) is 0 Å². The van der Waals surface area contributed by atoms with Crippen LogP contribution in [-0.2, 0) is 19.6 Å². The van der Waals surface area contributed by atoms with Gasteiger partial charge in [-0.15, -0.1) is 0 Å². The first-order valence-corrected chi connectivity index (χ1v) is 9.31. The molecule has 5 rings (SSSR count). The molecule has 0 amide bonds. The number of rotatable bonds is 4. The molecule has 2 aromatic carbocycles. The molecule has 0 spiro atoms. The van der Waals surface area contributed by atoms with Crippen molar-refractivity contribution in [3.63, 3.8) is 0 Å². The molecule has 0 radical (unpaired) electrons. The number of benzene rings is 2. The van der Waals surface area contributed by atoms with Crippen molar-refractivity contribution in [1.82, 2.24) is 19.5 Å². The van der Waals surface area contributed by atoms with Gasteiger partial charge in [0.1, 0.15) is 11.6 Å². The third-order valence-electron chi connectivity index (χ3n) is 5.16. The summed E-state index contributed by atoms with van der Waals surface area (Å²) < 4.78 is 7.78. The van der Waals surface area contributed by atoms with E-state index >= 15 is 0 Å². The Morgan fingerprint density at radius 2 is 1.93 bits per heavy atom. The predicted octanol–water partition coefficient (Wildman–Crippen LogP) is 3.85. The molecule has 0 unspecified atom stereocenters. The Morgan fingerprint density at radius 3 is 2.79 bits per heavy atom. The van der Waals surface area contributed by atoms with Crippen LogP contribution in [0, 0.1) is 0 Å². The predicted molar refractivity (Wildman–Crippen MR) is 108 cm³/mol. The Bertz CT molecular complexity index is 1100. The van der Waals surface area contributed by atoms with Crippen molar-refractivity contribution in [3.05, 3.63) is 84.3 Å². The van der Waals surface area contributed by atoms with Crippen LogP contribution in [0.4, 0.5) is 5.69 Å². The number of aromatic amines is 1. The van der Waals surface area contributed by atoms with Crippen molar-refractivity contribution in [2.45, 2.75) is 19.6 Å². The van der Waals surface area contributed by atoms with E-state index in [9.17, 15) is 0 Å². The molecule has 0 saturated heterocycles. The maximum absolute atomic E-state index is 5.53. The Morgan fingerprint density at radius 1 is 1.07 bits per heavy atom. The number of hydrogen-bond donors (Lipinski definition) is 1. The number of fused-ring (bicyclic) bond motifs is 2. The van der Waals surface area contributed by atoms with Gasteiger partial charge in [-0.05, 0) is 23.8 Å². The zero-order chi connectivity index (χ0) is 18.9. The number of nitrogens with one attached hydrogen (secondary N) is 1. The summed E-state index contributed by atoms with van der Waals surface area (Å²) in [4.78, 5) is 14.7. The van der Waals surface area contributed by atoms with Gasteiger partial charge >= 0.3 is 0 Å². The number of para-hydroxylation sites is 2. The van der Waals surface area contributed by atoms with Crippen LogP contribution in [-0.4, -0.2) is 26.6 Å². The van der Waals surface area contributed by atoms with Crippen LogP contribution in [0.2, 0.25) is 0 Å². The second-order valence-electron chi connectivity index (χ2n) is 6.93. The molecule has 0 aliphatic carbocycles. The fourth-order valence-corrected chi connectivity index (χ4v) is 3.81. The van der Waals surface area contributed by atoms with Gasteiger partial charge in [-0.1, -0.05) is 30.3 Å². The van der Waals surface area contributed by atoms with Gasteiger partial charge in [0.25, 0.3) is 0 Å². The number of imidazole rings is 2. The van der Waals surface area contributed by atoms with Crippen molar-refractivity contribution in [2.24, 2.45) is 0 Å². The van der Waals surface area contributed by atoms with Crippen LogP contribution < -0.4 is 9.64 Å². The fraction of sp³-hybridized carbons (Fsp3) is 0.182. The molecule has 4 aromatic rings. The highest BCUT2D eigenvalue weighted by atomic mass is 16.5. The molecule has 6 heteroatoms. The second kappa shape index (κ2) is 6.88. The highest BCUT2D eigenvalue weighted by molar-refractivity contribution is 5.67. The lowest BCUT2D eigenvalue weighted by Gasteiger charge is -2.23. The molecular weight excluding hydrogens is 350 g/mol. The topological polar surface area (TPSA) is 59.0 Å². The van der Waals surface area contributed by atoms with Gasteiger partial charge in [0.15, 0.2) is 0 Å². The van der Waals surface area contributed by atoms with Crippen LogP contribution >= 0.6 is 0 Å². The van der Waals surface area contributed by atoms with E-state index in [0.717, 1.165) is 48.2 Å². The quantitative estimate of drug-likeness (QED) is 0.592. The standard InChI is InChI=1S/C22H21N5O/c1-28-21-9-5-3-7-18(21)19-13-27-11-16-6-2-4-8-20(16)26(14-22(27)25-19)12-17-10-23-15-24-17/h2-10,13,15H,11-12,14H2,1H3,(H,23,24). The molecule has 1 N–H and O–H groups in total. The largest absolute Gasteiger partial charge is 0.496 e. The lowest BCUT2D eigenvalue weighted by molar-refractivity contribution is 0.416. The number of methoxy groups -OCH3 is 1. The average molecular weight is 371 g/mol. The molecule has 0 saturated carbocycles. The van der Waals surface area contributed by atoms with Gasteiger partial charge < -0.3 is 19.2 Å². The summed E-state index contributed by atoms with van der Waals surface area (Å²) in [7, 11) is 1.70. The third-order valence-corrected chi connectivity index (χ3v) is 5.16.